The maximum absolute atomic E-state index is 3.58. The van der Waals surface area contributed by atoms with Gasteiger partial charge in [0.2, 0.25) is 0 Å². The molecule has 0 spiro atoms. The first kappa shape index (κ1) is 21.8. The summed E-state index contributed by atoms with van der Waals surface area (Å²) in [5.41, 5.74) is 4.87. The van der Waals surface area contributed by atoms with Crippen LogP contribution in [0.3, 0.4) is 0 Å². The fraction of sp³-hybridized carbons (Fsp3) is 0.0400. The van der Waals surface area contributed by atoms with Crippen molar-refractivity contribution in [3.8, 4) is 5.69 Å². The average molecular weight is 651 g/mol. The number of hydrogen-bond acceptors (Lipinski definition) is 0. The van der Waals surface area contributed by atoms with Crippen molar-refractivity contribution in [1.82, 2.24) is 4.57 Å². The third kappa shape index (κ3) is 4.75. The molecule has 5 aromatic rings. The molecule has 0 saturated carbocycles. The summed E-state index contributed by atoms with van der Waals surface area (Å²) in [4.78, 5) is 0. The first-order valence-electron chi connectivity index (χ1n) is 9.30. The van der Waals surface area contributed by atoms with Gasteiger partial charge in [-0.1, -0.05) is 81.4 Å². The van der Waals surface area contributed by atoms with E-state index in [-0.39, 0.29) is 0 Å². The molecule has 0 unspecified atom stereocenters. The Hall–Kier alpha value is -1.40. The molecule has 0 aliphatic rings. The number of aromatic nitrogens is 1. The van der Waals surface area contributed by atoms with Gasteiger partial charge in [0.05, 0.1) is 11.0 Å². The van der Waals surface area contributed by atoms with Crippen LogP contribution in [-0.4, -0.2) is 4.57 Å². The molecular weight excluding hydrogens is 634 g/mol. The topological polar surface area (TPSA) is 4.93 Å². The Morgan fingerprint density at radius 3 is 1.33 bits per heavy atom. The van der Waals surface area contributed by atoms with Crippen molar-refractivity contribution in [2.45, 2.75) is 6.92 Å². The second-order valence-corrected chi connectivity index (χ2v) is 10.6. The number of halogens is 4. The quantitative estimate of drug-likeness (QED) is 0.170. The highest BCUT2D eigenvalue weighted by atomic mass is 79.9. The Morgan fingerprint density at radius 2 is 0.900 bits per heavy atom. The van der Waals surface area contributed by atoms with Crippen LogP contribution in [0.1, 0.15) is 5.56 Å². The van der Waals surface area contributed by atoms with Crippen molar-refractivity contribution in [1.29, 1.82) is 0 Å². The highest BCUT2D eigenvalue weighted by Gasteiger charge is 2.12. The van der Waals surface area contributed by atoms with Crippen molar-refractivity contribution >= 4 is 85.5 Å². The average Bonchev–Trinajstić information content (AvgIpc) is 3.04. The molecule has 1 nitrogen and oxygen atoms in total. The smallest absolute Gasteiger partial charge is 0.0541 e. The van der Waals surface area contributed by atoms with Gasteiger partial charge in [-0.3, -0.25) is 0 Å². The summed E-state index contributed by atoms with van der Waals surface area (Å²) in [6.45, 7) is 2.08. The van der Waals surface area contributed by atoms with Crippen LogP contribution in [0, 0.1) is 6.92 Å². The molecule has 0 N–H and O–H groups in total. The number of fused-ring (bicyclic) bond motifs is 3. The summed E-state index contributed by atoms with van der Waals surface area (Å²) in [6, 6.07) is 29.5. The second kappa shape index (κ2) is 9.39. The lowest BCUT2D eigenvalue weighted by Gasteiger charge is -2.08. The molecule has 5 rings (SSSR count). The standard InChI is InChI=1S/C18H10Br3N.C7H7Br/c19-11-1-5-14(6-2-11)22-17-7-3-12(20)9-15(17)16-10-13(21)4-8-18(16)22;1-6-2-4-7(8)5-3-6/h1-10H;2-5H,1H3. The third-order valence-corrected chi connectivity index (χ3v) is 6.83. The molecule has 0 bridgehead atoms. The molecule has 0 aliphatic heterocycles. The Kier molecular flexibility index (Phi) is 6.83. The molecule has 0 fully saturated rings. The van der Waals surface area contributed by atoms with Crippen LogP contribution in [0.4, 0.5) is 0 Å². The van der Waals surface area contributed by atoms with Crippen LogP contribution in [0.15, 0.2) is 103 Å². The van der Waals surface area contributed by atoms with Crippen molar-refractivity contribution in [3.05, 3.63) is 108 Å². The van der Waals surface area contributed by atoms with Crippen LogP contribution in [0.2, 0.25) is 0 Å². The lowest BCUT2D eigenvalue weighted by molar-refractivity contribution is 1.18. The van der Waals surface area contributed by atoms with Gasteiger partial charge in [-0.25, -0.2) is 0 Å². The van der Waals surface area contributed by atoms with Crippen molar-refractivity contribution < 1.29 is 0 Å². The molecule has 5 heteroatoms. The largest absolute Gasteiger partial charge is 0.309 e. The normalized spacial score (nSPS) is 10.8. The maximum atomic E-state index is 3.58. The number of benzene rings is 4. The summed E-state index contributed by atoms with van der Waals surface area (Å²) in [5, 5.41) is 2.49. The maximum Gasteiger partial charge on any atom is 0.0541 e. The molecule has 0 radical (unpaired) electrons. The monoisotopic (exact) mass is 647 g/mol. The van der Waals surface area contributed by atoms with E-state index in [2.05, 4.69) is 148 Å². The van der Waals surface area contributed by atoms with Gasteiger partial charge in [0.25, 0.3) is 0 Å². The number of rotatable bonds is 1. The van der Waals surface area contributed by atoms with Gasteiger partial charge in [0.15, 0.2) is 0 Å². The fourth-order valence-corrected chi connectivity index (χ4v) is 4.62. The van der Waals surface area contributed by atoms with Crippen molar-refractivity contribution in [2.75, 3.05) is 0 Å². The summed E-state index contributed by atoms with van der Waals surface area (Å²) in [7, 11) is 0. The first-order chi connectivity index (χ1) is 14.4. The molecule has 0 aliphatic carbocycles. The Morgan fingerprint density at radius 1 is 0.500 bits per heavy atom. The van der Waals surface area contributed by atoms with E-state index in [1.165, 1.54) is 27.4 Å². The van der Waals surface area contributed by atoms with Crippen LogP contribution in [-0.2, 0) is 0 Å². The van der Waals surface area contributed by atoms with Gasteiger partial charge in [-0.2, -0.15) is 0 Å². The molecule has 30 heavy (non-hydrogen) atoms. The van der Waals surface area contributed by atoms with Crippen molar-refractivity contribution in [3.63, 3.8) is 0 Å². The van der Waals surface area contributed by atoms with E-state index in [9.17, 15) is 0 Å². The van der Waals surface area contributed by atoms with Crippen LogP contribution in [0.25, 0.3) is 27.5 Å². The third-order valence-electron chi connectivity index (χ3n) is 4.78. The predicted molar refractivity (Wildman–Crippen MR) is 143 cm³/mol. The number of nitrogens with zero attached hydrogens (tertiary/aromatic N) is 1. The Labute approximate surface area is 209 Å². The first-order valence-corrected chi connectivity index (χ1v) is 12.5. The van der Waals surface area contributed by atoms with Gasteiger partial charge in [-0.05, 0) is 79.7 Å². The van der Waals surface area contributed by atoms with Gasteiger partial charge < -0.3 is 4.57 Å². The van der Waals surface area contributed by atoms with E-state index in [0.29, 0.717) is 0 Å². The van der Waals surface area contributed by atoms with Gasteiger partial charge >= 0.3 is 0 Å². The Balaban J connectivity index is 0.000000230. The van der Waals surface area contributed by atoms with Gasteiger partial charge in [-0.15, -0.1) is 0 Å². The van der Waals surface area contributed by atoms with Gasteiger partial charge in [0.1, 0.15) is 0 Å². The van der Waals surface area contributed by atoms with E-state index in [1.54, 1.807) is 0 Å². The van der Waals surface area contributed by atoms with E-state index < -0.39 is 0 Å². The van der Waals surface area contributed by atoms with Crippen LogP contribution in [0.5, 0.6) is 0 Å². The summed E-state index contributed by atoms with van der Waals surface area (Å²) in [6.07, 6.45) is 0. The molecule has 0 saturated heterocycles. The molecule has 4 aromatic carbocycles. The highest BCUT2D eigenvalue weighted by molar-refractivity contribution is 9.11. The van der Waals surface area contributed by atoms with Crippen LogP contribution >= 0.6 is 63.7 Å². The van der Waals surface area contributed by atoms with E-state index in [1.807, 2.05) is 12.1 Å². The minimum atomic E-state index is 1.09. The molecule has 1 aromatic heterocycles. The SMILES string of the molecule is Brc1ccc(-n2c3ccc(Br)cc3c3cc(Br)ccc32)cc1.Cc1ccc(Br)cc1. The number of aryl methyl sites for hydroxylation is 1. The zero-order valence-corrected chi connectivity index (χ0v) is 22.4. The zero-order valence-electron chi connectivity index (χ0n) is 16.0. The minimum Gasteiger partial charge on any atom is -0.309 e. The molecule has 1 heterocycles. The number of hydrogen-bond donors (Lipinski definition) is 0. The molecule has 0 amide bonds. The fourth-order valence-electron chi connectivity index (χ4n) is 3.37. The second-order valence-electron chi connectivity index (χ2n) is 6.93. The lowest BCUT2D eigenvalue weighted by atomic mass is 10.2. The molecular formula is C25H17Br4N. The van der Waals surface area contributed by atoms with E-state index in [0.717, 1.165) is 23.6 Å². The van der Waals surface area contributed by atoms with E-state index in [4.69, 9.17) is 0 Å². The van der Waals surface area contributed by atoms with E-state index >= 15 is 0 Å². The minimum absolute atomic E-state index is 1.09. The van der Waals surface area contributed by atoms with Gasteiger partial charge in [0, 0.05) is 34.4 Å². The molecule has 0 atom stereocenters. The lowest BCUT2D eigenvalue weighted by Crippen LogP contribution is -1.93. The zero-order chi connectivity index (χ0) is 21.3. The van der Waals surface area contributed by atoms with Crippen molar-refractivity contribution in [2.24, 2.45) is 0 Å². The Bertz CT molecular complexity index is 1240. The predicted octanol–water partition coefficient (Wildman–Crippen LogP) is 9.83. The summed E-state index contributed by atoms with van der Waals surface area (Å²) >= 11 is 14.0. The highest BCUT2D eigenvalue weighted by Crippen LogP contribution is 2.35. The summed E-state index contributed by atoms with van der Waals surface area (Å²) < 4.78 is 6.71. The molecule has 150 valence electrons. The summed E-state index contributed by atoms with van der Waals surface area (Å²) in [5.74, 6) is 0. The van der Waals surface area contributed by atoms with Crippen LogP contribution < -0.4 is 0 Å².